The molecule has 0 amide bonds. The van der Waals surface area contributed by atoms with Crippen LogP contribution in [-0.4, -0.2) is 31.8 Å². The van der Waals surface area contributed by atoms with Gasteiger partial charge in [0.05, 0.1) is 18.7 Å². The lowest BCUT2D eigenvalue weighted by Gasteiger charge is -2.02. The van der Waals surface area contributed by atoms with Crippen LogP contribution in [0.15, 0.2) is 35.4 Å². The van der Waals surface area contributed by atoms with Crippen LogP contribution in [0.3, 0.4) is 0 Å². The van der Waals surface area contributed by atoms with E-state index in [0.717, 1.165) is 0 Å². The second kappa shape index (κ2) is 7.04. The number of thioether (sulfide) groups is 1. The van der Waals surface area contributed by atoms with Crippen molar-refractivity contribution in [3.05, 3.63) is 42.0 Å². The molecule has 0 aliphatic rings. The summed E-state index contributed by atoms with van der Waals surface area (Å²) in [5.74, 6) is -0.407. The Morgan fingerprint density at radius 1 is 1.40 bits per heavy atom. The molecule has 106 valence electrons. The van der Waals surface area contributed by atoms with Gasteiger partial charge < -0.3 is 5.11 Å². The van der Waals surface area contributed by atoms with Crippen molar-refractivity contribution in [3.63, 3.8) is 0 Å². The highest BCUT2D eigenvalue weighted by molar-refractivity contribution is 7.99. The molecular formula is C13H14FN3O2S. The standard InChI is InChI=1S/C13H14FN3O2S/c14-11-3-1-2-4-12(11)20-8-7-17-9-10(15-16-17)5-6-13(18)19/h1-4,9H,5-8H2,(H,18,19). The zero-order valence-electron chi connectivity index (χ0n) is 10.7. The molecule has 0 saturated carbocycles. The minimum atomic E-state index is -0.852. The second-order valence-corrected chi connectivity index (χ2v) is 5.28. The average Bonchev–Trinajstić information content (AvgIpc) is 2.87. The van der Waals surface area contributed by atoms with Gasteiger partial charge in [-0.3, -0.25) is 9.48 Å². The molecule has 7 heteroatoms. The molecule has 2 rings (SSSR count). The van der Waals surface area contributed by atoms with Crippen LogP contribution < -0.4 is 0 Å². The van der Waals surface area contributed by atoms with E-state index >= 15 is 0 Å². The van der Waals surface area contributed by atoms with Crippen molar-refractivity contribution in [2.75, 3.05) is 5.75 Å². The first-order valence-corrected chi connectivity index (χ1v) is 7.12. The predicted octanol–water partition coefficient (Wildman–Crippen LogP) is 2.23. The molecule has 0 fully saturated rings. The number of aromatic nitrogens is 3. The maximum Gasteiger partial charge on any atom is 0.303 e. The van der Waals surface area contributed by atoms with Crippen LogP contribution in [0.2, 0.25) is 0 Å². The normalized spacial score (nSPS) is 10.7. The molecule has 20 heavy (non-hydrogen) atoms. The molecule has 2 aromatic rings. The quantitative estimate of drug-likeness (QED) is 0.793. The van der Waals surface area contributed by atoms with E-state index in [-0.39, 0.29) is 12.2 Å². The zero-order chi connectivity index (χ0) is 14.4. The van der Waals surface area contributed by atoms with Crippen LogP contribution in [-0.2, 0) is 17.8 Å². The molecule has 0 aliphatic carbocycles. The SMILES string of the molecule is O=C(O)CCc1cn(CCSc2ccccc2F)nn1. The van der Waals surface area contributed by atoms with Crippen LogP contribution in [0.5, 0.6) is 0 Å². The Balaban J connectivity index is 1.80. The first kappa shape index (κ1) is 14.5. The highest BCUT2D eigenvalue weighted by atomic mass is 32.2. The van der Waals surface area contributed by atoms with Gasteiger partial charge in [0.15, 0.2) is 0 Å². The predicted molar refractivity (Wildman–Crippen MR) is 73.1 cm³/mol. The highest BCUT2D eigenvalue weighted by Gasteiger charge is 2.05. The molecule has 1 N–H and O–H groups in total. The number of carbonyl (C=O) groups is 1. The van der Waals surface area contributed by atoms with Gasteiger partial charge in [0.2, 0.25) is 0 Å². The maximum atomic E-state index is 13.4. The van der Waals surface area contributed by atoms with Gasteiger partial charge in [0, 0.05) is 23.3 Å². The fourth-order valence-electron chi connectivity index (χ4n) is 1.61. The number of hydrogen-bond donors (Lipinski definition) is 1. The summed E-state index contributed by atoms with van der Waals surface area (Å²) in [6.07, 6.45) is 2.14. The van der Waals surface area contributed by atoms with Gasteiger partial charge in [-0.05, 0) is 12.1 Å². The fraction of sp³-hybridized carbons (Fsp3) is 0.308. The summed E-state index contributed by atoms with van der Waals surface area (Å²) in [6.45, 7) is 0.596. The van der Waals surface area contributed by atoms with Crippen LogP contribution in [0.25, 0.3) is 0 Å². The van der Waals surface area contributed by atoms with E-state index < -0.39 is 5.97 Å². The number of halogens is 1. The lowest BCUT2D eigenvalue weighted by molar-refractivity contribution is -0.136. The van der Waals surface area contributed by atoms with Crippen molar-refractivity contribution in [2.45, 2.75) is 24.3 Å². The minimum Gasteiger partial charge on any atom is -0.481 e. The van der Waals surface area contributed by atoms with Crippen LogP contribution in [0, 0.1) is 5.82 Å². The summed E-state index contributed by atoms with van der Waals surface area (Å²) in [7, 11) is 0. The van der Waals surface area contributed by atoms with Crippen molar-refractivity contribution in [2.24, 2.45) is 0 Å². The van der Waals surface area contributed by atoms with Gasteiger partial charge in [0.1, 0.15) is 5.82 Å². The van der Waals surface area contributed by atoms with E-state index in [0.29, 0.717) is 29.3 Å². The van der Waals surface area contributed by atoms with Crippen molar-refractivity contribution < 1.29 is 14.3 Å². The molecule has 0 radical (unpaired) electrons. The molecule has 0 aliphatic heterocycles. The number of hydrogen-bond acceptors (Lipinski definition) is 4. The number of carboxylic acids is 1. The smallest absolute Gasteiger partial charge is 0.303 e. The van der Waals surface area contributed by atoms with E-state index in [9.17, 15) is 9.18 Å². The van der Waals surface area contributed by atoms with Crippen molar-refractivity contribution >= 4 is 17.7 Å². The number of aliphatic carboxylic acids is 1. The Hall–Kier alpha value is -1.89. The monoisotopic (exact) mass is 295 g/mol. The van der Waals surface area contributed by atoms with Gasteiger partial charge in [0.25, 0.3) is 0 Å². The molecule has 1 heterocycles. The Kier molecular flexibility index (Phi) is 5.11. The average molecular weight is 295 g/mol. The third-order valence-corrected chi connectivity index (χ3v) is 3.62. The number of rotatable bonds is 7. The first-order chi connectivity index (χ1) is 9.65. The van der Waals surface area contributed by atoms with Crippen molar-refractivity contribution in [1.29, 1.82) is 0 Å². The van der Waals surface area contributed by atoms with Gasteiger partial charge in [-0.1, -0.05) is 17.3 Å². The van der Waals surface area contributed by atoms with Gasteiger partial charge >= 0.3 is 5.97 Å². The lowest BCUT2D eigenvalue weighted by atomic mass is 10.2. The van der Waals surface area contributed by atoms with E-state index in [1.54, 1.807) is 29.1 Å². The summed E-state index contributed by atoms with van der Waals surface area (Å²) in [5, 5.41) is 16.4. The number of benzene rings is 1. The highest BCUT2D eigenvalue weighted by Crippen LogP contribution is 2.21. The Labute approximate surface area is 119 Å². The fourth-order valence-corrected chi connectivity index (χ4v) is 2.49. The Morgan fingerprint density at radius 3 is 2.95 bits per heavy atom. The third-order valence-electron chi connectivity index (χ3n) is 2.60. The topological polar surface area (TPSA) is 68.0 Å². The zero-order valence-corrected chi connectivity index (χ0v) is 11.5. The Morgan fingerprint density at radius 2 is 2.20 bits per heavy atom. The summed E-state index contributed by atoms with van der Waals surface area (Å²) in [4.78, 5) is 11.1. The number of aryl methyl sites for hydroxylation is 2. The molecule has 1 aromatic carbocycles. The van der Waals surface area contributed by atoms with E-state index in [1.807, 2.05) is 0 Å². The summed E-state index contributed by atoms with van der Waals surface area (Å²) in [6, 6.07) is 6.62. The summed E-state index contributed by atoms with van der Waals surface area (Å²) >= 11 is 1.41. The molecular weight excluding hydrogens is 281 g/mol. The summed E-state index contributed by atoms with van der Waals surface area (Å²) in [5.41, 5.74) is 0.656. The molecule has 1 aromatic heterocycles. The molecule has 0 spiro atoms. The first-order valence-electron chi connectivity index (χ1n) is 6.13. The van der Waals surface area contributed by atoms with Gasteiger partial charge in [-0.2, -0.15) is 0 Å². The lowest BCUT2D eigenvalue weighted by Crippen LogP contribution is -2.01. The van der Waals surface area contributed by atoms with Gasteiger partial charge in [-0.25, -0.2) is 4.39 Å². The molecule has 5 nitrogen and oxygen atoms in total. The van der Waals surface area contributed by atoms with Crippen LogP contribution in [0.1, 0.15) is 12.1 Å². The van der Waals surface area contributed by atoms with Crippen molar-refractivity contribution in [3.8, 4) is 0 Å². The molecule has 0 atom stereocenters. The van der Waals surface area contributed by atoms with Crippen molar-refractivity contribution in [1.82, 2.24) is 15.0 Å². The maximum absolute atomic E-state index is 13.4. The Bertz CT molecular complexity index is 589. The molecule has 0 saturated heterocycles. The third kappa shape index (κ3) is 4.34. The molecule has 0 unspecified atom stereocenters. The number of carboxylic acid groups (broad SMARTS) is 1. The molecule has 0 bridgehead atoms. The van der Waals surface area contributed by atoms with Crippen LogP contribution >= 0.6 is 11.8 Å². The minimum absolute atomic E-state index is 0.0443. The van der Waals surface area contributed by atoms with Crippen LogP contribution in [0.4, 0.5) is 4.39 Å². The number of nitrogens with zero attached hydrogens (tertiary/aromatic N) is 3. The van der Waals surface area contributed by atoms with E-state index in [4.69, 9.17) is 5.11 Å². The second-order valence-electron chi connectivity index (χ2n) is 4.15. The van der Waals surface area contributed by atoms with E-state index in [1.165, 1.54) is 17.8 Å². The summed E-state index contributed by atoms with van der Waals surface area (Å²) < 4.78 is 15.0. The van der Waals surface area contributed by atoms with E-state index in [2.05, 4.69) is 10.3 Å². The van der Waals surface area contributed by atoms with Gasteiger partial charge in [-0.15, -0.1) is 16.9 Å². The largest absolute Gasteiger partial charge is 0.481 e.